The molecular formula is C17H22ClNO7. The topological polar surface area (TPSA) is 131 Å². The van der Waals surface area contributed by atoms with Gasteiger partial charge in [-0.2, -0.15) is 0 Å². The predicted molar refractivity (Wildman–Crippen MR) is 80.2 cm³/mol. The van der Waals surface area contributed by atoms with Crippen molar-refractivity contribution >= 4 is 11.7 Å². The largest absolute Gasteiger partial charge is 0.497 e. The van der Waals surface area contributed by atoms with Crippen molar-refractivity contribution in [2.75, 3.05) is 26.8 Å². The summed E-state index contributed by atoms with van der Waals surface area (Å²) in [5.41, 5.74) is 4.05. The second kappa shape index (κ2) is 8.79. The smallest absolute Gasteiger partial charge is 0.315 e. The molecule has 2 heterocycles. The fourth-order valence-corrected chi connectivity index (χ4v) is 3.36. The number of carbonyl (C=O) groups excluding carboxylic acids is 1. The second-order valence-electron chi connectivity index (χ2n) is 6.03. The molecule has 0 aromatic heterocycles. The van der Waals surface area contributed by atoms with E-state index in [0.717, 1.165) is 38.1 Å². The highest BCUT2D eigenvalue weighted by Gasteiger charge is 2.36. The summed E-state index contributed by atoms with van der Waals surface area (Å²) >= 11 is 0. The molecule has 1 atom stereocenters. The highest BCUT2D eigenvalue weighted by Crippen LogP contribution is 2.27. The second-order valence-corrected chi connectivity index (χ2v) is 6.79. The van der Waals surface area contributed by atoms with Crippen LogP contribution in [0.4, 0.5) is 0 Å². The van der Waals surface area contributed by atoms with Gasteiger partial charge in [0, 0.05) is 18.4 Å². The van der Waals surface area contributed by atoms with E-state index in [-0.39, 0.29) is 11.9 Å². The molecule has 0 radical (unpaired) electrons. The molecule has 9 heteroatoms. The molecule has 0 spiro atoms. The standard InChI is InChI=1S/C17H22NO3.ClHO4/c1-3-21-17(19)13-4-7-16-15-6-5-14(20-2)10-12(15)8-9-18(16)11-13;2-1(3,4)5/h5-6,10,13H,3-4,7-9,11H2,1-2H3;(H,2,3,4,5)/q+1;/p-1. The zero-order chi connectivity index (χ0) is 19.3. The lowest BCUT2D eigenvalue weighted by molar-refractivity contribution is -2.00. The first kappa shape index (κ1) is 20.6. The van der Waals surface area contributed by atoms with Crippen molar-refractivity contribution in [3.8, 4) is 5.75 Å². The van der Waals surface area contributed by atoms with Crippen molar-refractivity contribution < 1.29 is 47.7 Å². The van der Waals surface area contributed by atoms with E-state index in [9.17, 15) is 4.79 Å². The summed E-state index contributed by atoms with van der Waals surface area (Å²) in [5, 5.41) is 0. The Labute approximate surface area is 154 Å². The molecule has 8 nitrogen and oxygen atoms in total. The molecule has 1 unspecified atom stereocenters. The summed E-state index contributed by atoms with van der Waals surface area (Å²) in [6.07, 6.45) is 2.84. The van der Waals surface area contributed by atoms with Gasteiger partial charge in [-0.1, -0.05) is 0 Å². The predicted octanol–water partition coefficient (Wildman–Crippen LogP) is -2.73. The van der Waals surface area contributed by atoms with Gasteiger partial charge < -0.3 is 9.47 Å². The van der Waals surface area contributed by atoms with E-state index in [1.54, 1.807) is 7.11 Å². The molecule has 2 aliphatic rings. The van der Waals surface area contributed by atoms with Gasteiger partial charge in [0.2, 0.25) is 0 Å². The van der Waals surface area contributed by atoms with Crippen LogP contribution in [0.25, 0.3) is 0 Å². The first-order chi connectivity index (χ1) is 12.2. The third kappa shape index (κ3) is 5.65. The fourth-order valence-electron chi connectivity index (χ4n) is 3.36. The van der Waals surface area contributed by atoms with E-state index in [1.807, 2.05) is 13.0 Å². The number of carbonyl (C=O) groups is 1. The van der Waals surface area contributed by atoms with E-state index in [4.69, 9.17) is 28.1 Å². The lowest BCUT2D eigenvalue weighted by Gasteiger charge is -2.26. The quantitative estimate of drug-likeness (QED) is 0.406. The number of nitrogens with zero attached hydrogens (tertiary/aromatic N) is 1. The van der Waals surface area contributed by atoms with Crippen LogP contribution in [0.3, 0.4) is 0 Å². The zero-order valence-corrected chi connectivity index (χ0v) is 15.5. The van der Waals surface area contributed by atoms with Crippen LogP contribution in [-0.4, -0.2) is 43.1 Å². The number of fused-ring (bicyclic) bond motifs is 2. The molecular weight excluding hydrogens is 366 g/mol. The first-order valence-electron chi connectivity index (χ1n) is 8.29. The van der Waals surface area contributed by atoms with Gasteiger partial charge >= 0.3 is 5.97 Å². The Hall–Kier alpha value is -1.71. The Kier molecular flexibility index (Phi) is 6.96. The number of methoxy groups -OCH3 is 1. The Morgan fingerprint density at radius 1 is 1.27 bits per heavy atom. The molecule has 3 rings (SSSR count). The Bertz CT molecular complexity index is 678. The van der Waals surface area contributed by atoms with Crippen LogP contribution in [0.15, 0.2) is 18.2 Å². The minimum Gasteiger partial charge on any atom is -0.497 e. The molecule has 1 aromatic rings. The first-order valence-corrected chi connectivity index (χ1v) is 9.52. The van der Waals surface area contributed by atoms with Gasteiger partial charge in [0.25, 0.3) is 0 Å². The lowest BCUT2D eigenvalue weighted by Crippen LogP contribution is -2.68. The number of hydrogen-bond donors (Lipinski definition) is 0. The van der Waals surface area contributed by atoms with E-state index in [1.165, 1.54) is 16.8 Å². The van der Waals surface area contributed by atoms with Crippen LogP contribution in [0, 0.1) is 16.2 Å². The number of hydrogen-bond acceptors (Lipinski definition) is 7. The van der Waals surface area contributed by atoms with Crippen LogP contribution in [0.1, 0.15) is 30.9 Å². The number of ether oxygens (including phenoxy) is 2. The normalized spacial score (nSPS) is 18.9. The molecule has 0 N–H and O–H groups in total. The van der Waals surface area contributed by atoms with Gasteiger partial charge in [-0.25, -0.2) is 23.2 Å². The van der Waals surface area contributed by atoms with Gasteiger partial charge in [0.1, 0.15) is 18.2 Å². The maximum Gasteiger partial charge on any atom is 0.315 e. The third-order valence-corrected chi connectivity index (χ3v) is 4.45. The van der Waals surface area contributed by atoms with Gasteiger partial charge in [0.05, 0.1) is 13.7 Å². The summed E-state index contributed by atoms with van der Waals surface area (Å²) < 4.78 is 46.8. The Balaban J connectivity index is 0.000000431. The van der Waals surface area contributed by atoms with Crippen molar-refractivity contribution in [3.63, 3.8) is 0 Å². The van der Waals surface area contributed by atoms with Gasteiger partial charge in [-0.05, 0) is 37.1 Å². The number of halogens is 1. The minimum absolute atomic E-state index is 0.0218. The van der Waals surface area contributed by atoms with Crippen molar-refractivity contribution in [3.05, 3.63) is 29.3 Å². The molecule has 2 aliphatic heterocycles. The average molecular weight is 388 g/mol. The highest BCUT2D eigenvalue weighted by molar-refractivity contribution is 5.99. The van der Waals surface area contributed by atoms with Crippen molar-refractivity contribution in [2.45, 2.75) is 26.2 Å². The number of benzene rings is 1. The molecule has 1 aromatic carbocycles. The number of rotatable bonds is 3. The van der Waals surface area contributed by atoms with E-state index < -0.39 is 10.2 Å². The Morgan fingerprint density at radius 2 is 1.96 bits per heavy atom. The van der Waals surface area contributed by atoms with Crippen molar-refractivity contribution in [1.29, 1.82) is 0 Å². The van der Waals surface area contributed by atoms with Crippen LogP contribution < -0.4 is 23.4 Å². The molecule has 0 saturated carbocycles. The Morgan fingerprint density at radius 3 is 2.58 bits per heavy atom. The summed E-state index contributed by atoms with van der Waals surface area (Å²) in [6, 6.07) is 6.31. The maximum absolute atomic E-state index is 11.9. The summed E-state index contributed by atoms with van der Waals surface area (Å²) in [4.78, 5) is 11.9. The fraction of sp³-hybridized carbons (Fsp3) is 0.529. The van der Waals surface area contributed by atoms with Crippen LogP contribution in [0.2, 0.25) is 0 Å². The van der Waals surface area contributed by atoms with Crippen LogP contribution >= 0.6 is 0 Å². The van der Waals surface area contributed by atoms with Crippen molar-refractivity contribution in [1.82, 2.24) is 0 Å². The minimum atomic E-state index is -4.94. The molecule has 0 aliphatic carbocycles. The monoisotopic (exact) mass is 387 g/mol. The van der Waals surface area contributed by atoms with Gasteiger partial charge in [0.15, 0.2) is 12.3 Å². The summed E-state index contributed by atoms with van der Waals surface area (Å²) in [6.45, 7) is 4.10. The third-order valence-electron chi connectivity index (χ3n) is 4.45. The van der Waals surface area contributed by atoms with E-state index >= 15 is 0 Å². The SMILES string of the molecule is CCOC(=O)C1CCC2=[N+](CCc3cc(OC)ccc32)C1.[O-][Cl+3]([O-])([O-])[O-]. The van der Waals surface area contributed by atoms with Gasteiger partial charge in [-0.3, -0.25) is 4.79 Å². The van der Waals surface area contributed by atoms with Crippen LogP contribution in [-0.2, 0) is 16.0 Å². The van der Waals surface area contributed by atoms with Crippen LogP contribution in [0.5, 0.6) is 5.75 Å². The molecule has 26 heavy (non-hydrogen) atoms. The lowest BCUT2D eigenvalue weighted by atomic mass is 9.88. The number of esters is 1. The van der Waals surface area contributed by atoms with E-state index in [0.29, 0.717) is 6.61 Å². The average Bonchev–Trinajstić information content (AvgIpc) is 2.59. The molecule has 0 bridgehead atoms. The molecule has 0 fully saturated rings. The molecule has 0 saturated heterocycles. The maximum atomic E-state index is 11.9. The van der Waals surface area contributed by atoms with E-state index in [2.05, 4.69) is 16.7 Å². The highest BCUT2D eigenvalue weighted by atomic mass is 35.7. The molecule has 144 valence electrons. The zero-order valence-electron chi connectivity index (χ0n) is 14.7. The summed E-state index contributed by atoms with van der Waals surface area (Å²) in [5.74, 6) is 0.897. The summed E-state index contributed by atoms with van der Waals surface area (Å²) in [7, 11) is -3.24. The van der Waals surface area contributed by atoms with Crippen molar-refractivity contribution in [2.24, 2.45) is 5.92 Å². The molecule has 0 amide bonds. The van der Waals surface area contributed by atoms with Gasteiger partial charge in [-0.15, -0.1) is 10.2 Å².